The maximum absolute atomic E-state index is 12.3. The van der Waals surface area contributed by atoms with Crippen molar-refractivity contribution in [1.29, 1.82) is 0 Å². The summed E-state index contributed by atoms with van der Waals surface area (Å²) in [5.41, 5.74) is 3.92. The summed E-state index contributed by atoms with van der Waals surface area (Å²) >= 11 is 0. The summed E-state index contributed by atoms with van der Waals surface area (Å²) in [5.74, 6) is 0.261. The fourth-order valence-electron chi connectivity index (χ4n) is 2.73. The summed E-state index contributed by atoms with van der Waals surface area (Å²) < 4.78 is 7.27. The first-order chi connectivity index (χ1) is 11.3. The first-order valence-electron chi connectivity index (χ1n) is 7.75. The minimum atomic E-state index is -0.519. The van der Waals surface area contributed by atoms with Gasteiger partial charge in [-0.25, -0.2) is 0 Å². The Balaban J connectivity index is 1.73. The number of aryl methyl sites for hydroxylation is 2. The smallest absolute Gasteiger partial charge is 0.265 e. The largest absolute Gasteiger partial charge is 0.479 e. The number of benzene rings is 1. The molecule has 126 valence electrons. The molecule has 1 aromatic heterocycles. The van der Waals surface area contributed by atoms with Crippen LogP contribution >= 0.6 is 0 Å². The second-order valence-electron chi connectivity index (χ2n) is 5.96. The van der Waals surface area contributed by atoms with Gasteiger partial charge in [0.15, 0.2) is 6.10 Å². The zero-order chi connectivity index (χ0) is 17.4. The van der Waals surface area contributed by atoms with Gasteiger partial charge in [-0.05, 0) is 39.0 Å². The van der Waals surface area contributed by atoms with Crippen molar-refractivity contribution < 1.29 is 14.3 Å². The van der Waals surface area contributed by atoms with Gasteiger partial charge >= 0.3 is 0 Å². The zero-order valence-electron chi connectivity index (χ0n) is 14.1. The van der Waals surface area contributed by atoms with Crippen LogP contribution < -0.4 is 15.4 Å². The standard InChI is InChI=1S/C17H20N4O3/c1-9-13(10(2)21(4)20-9)8-16(22)18-12-5-6-15-14(7-12)19-17(23)11(3)24-15/h5-7,11H,8H2,1-4H3,(H,18,22)(H,19,23)/t11-/m1/s1. The topological polar surface area (TPSA) is 85.3 Å². The fourth-order valence-corrected chi connectivity index (χ4v) is 2.73. The van der Waals surface area contributed by atoms with Crippen LogP contribution in [0.3, 0.4) is 0 Å². The van der Waals surface area contributed by atoms with Gasteiger partial charge in [0, 0.05) is 24.0 Å². The third-order valence-electron chi connectivity index (χ3n) is 4.19. The van der Waals surface area contributed by atoms with E-state index in [4.69, 9.17) is 4.74 Å². The van der Waals surface area contributed by atoms with E-state index >= 15 is 0 Å². The van der Waals surface area contributed by atoms with Crippen molar-refractivity contribution in [2.75, 3.05) is 10.6 Å². The molecule has 24 heavy (non-hydrogen) atoms. The Labute approximate surface area is 140 Å². The summed E-state index contributed by atoms with van der Waals surface area (Å²) in [5, 5.41) is 9.93. The van der Waals surface area contributed by atoms with E-state index in [0.29, 0.717) is 17.1 Å². The van der Waals surface area contributed by atoms with E-state index in [1.165, 1.54) is 0 Å². The third kappa shape index (κ3) is 2.97. The quantitative estimate of drug-likeness (QED) is 0.901. The number of carbonyl (C=O) groups excluding carboxylic acids is 2. The lowest BCUT2D eigenvalue weighted by Crippen LogP contribution is -2.34. The number of nitrogens with one attached hydrogen (secondary N) is 2. The van der Waals surface area contributed by atoms with E-state index in [-0.39, 0.29) is 18.2 Å². The van der Waals surface area contributed by atoms with Crippen LogP contribution in [0.15, 0.2) is 18.2 Å². The highest BCUT2D eigenvalue weighted by Gasteiger charge is 2.23. The molecule has 2 amide bonds. The van der Waals surface area contributed by atoms with Gasteiger partial charge in [0.05, 0.1) is 17.8 Å². The number of aromatic nitrogens is 2. The van der Waals surface area contributed by atoms with Gasteiger partial charge < -0.3 is 15.4 Å². The number of carbonyl (C=O) groups is 2. The first-order valence-corrected chi connectivity index (χ1v) is 7.75. The van der Waals surface area contributed by atoms with Crippen LogP contribution in [0.1, 0.15) is 23.9 Å². The summed E-state index contributed by atoms with van der Waals surface area (Å²) in [6.45, 7) is 5.52. The maximum atomic E-state index is 12.3. The predicted octanol–water partition coefficient (Wildman–Crippen LogP) is 1.94. The molecule has 1 aliphatic heterocycles. The Morgan fingerprint density at radius 3 is 2.83 bits per heavy atom. The Morgan fingerprint density at radius 1 is 1.42 bits per heavy atom. The van der Waals surface area contributed by atoms with Crippen molar-refractivity contribution in [2.45, 2.75) is 33.3 Å². The molecule has 1 aromatic carbocycles. The molecule has 3 rings (SSSR count). The van der Waals surface area contributed by atoms with Crippen LogP contribution in [0.4, 0.5) is 11.4 Å². The third-order valence-corrected chi connectivity index (χ3v) is 4.19. The molecule has 1 atom stereocenters. The molecular formula is C17H20N4O3. The van der Waals surface area contributed by atoms with Gasteiger partial charge in [0.1, 0.15) is 5.75 Å². The van der Waals surface area contributed by atoms with Crippen molar-refractivity contribution in [3.63, 3.8) is 0 Å². The summed E-state index contributed by atoms with van der Waals surface area (Å²) in [6, 6.07) is 5.19. The maximum Gasteiger partial charge on any atom is 0.265 e. The van der Waals surface area contributed by atoms with Crippen molar-refractivity contribution in [2.24, 2.45) is 7.05 Å². The molecule has 2 heterocycles. The van der Waals surface area contributed by atoms with E-state index in [1.54, 1.807) is 29.8 Å². The molecule has 0 radical (unpaired) electrons. The Bertz CT molecular complexity index is 825. The number of anilines is 2. The van der Waals surface area contributed by atoms with Gasteiger partial charge in [-0.3, -0.25) is 14.3 Å². The van der Waals surface area contributed by atoms with Gasteiger partial charge in [-0.15, -0.1) is 0 Å². The zero-order valence-corrected chi connectivity index (χ0v) is 14.1. The van der Waals surface area contributed by atoms with E-state index in [2.05, 4.69) is 15.7 Å². The average molecular weight is 328 g/mol. The molecule has 2 aromatic rings. The van der Waals surface area contributed by atoms with E-state index in [9.17, 15) is 9.59 Å². The SMILES string of the molecule is Cc1nn(C)c(C)c1CC(=O)Nc1ccc2c(c1)NC(=O)[C@@H](C)O2. The molecule has 7 nitrogen and oxygen atoms in total. The van der Waals surface area contributed by atoms with Crippen molar-refractivity contribution in [1.82, 2.24) is 9.78 Å². The Hall–Kier alpha value is -2.83. The molecule has 0 saturated heterocycles. The van der Waals surface area contributed by atoms with Crippen molar-refractivity contribution in [3.05, 3.63) is 35.2 Å². The highest BCUT2D eigenvalue weighted by molar-refractivity contribution is 5.99. The number of ether oxygens (including phenoxy) is 1. The lowest BCUT2D eigenvalue weighted by Gasteiger charge is -2.23. The minimum Gasteiger partial charge on any atom is -0.479 e. The highest BCUT2D eigenvalue weighted by atomic mass is 16.5. The Kier molecular flexibility index (Phi) is 4.01. The monoisotopic (exact) mass is 328 g/mol. The number of rotatable bonds is 3. The van der Waals surface area contributed by atoms with E-state index < -0.39 is 6.10 Å². The van der Waals surface area contributed by atoms with Gasteiger partial charge in [-0.1, -0.05) is 0 Å². The molecular weight excluding hydrogens is 308 g/mol. The number of nitrogens with zero attached hydrogens (tertiary/aromatic N) is 2. The number of hydrogen-bond donors (Lipinski definition) is 2. The van der Waals surface area contributed by atoms with Crippen LogP contribution in [-0.2, 0) is 23.1 Å². The predicted molar refractivity (Wildman–Crippen MR) is 90.2 cm³/mol. The van der Waals surface area contributed by atoms with Gasteiger partial charge in [0.2, 0.25) is 5.91 Å². The molecule has 2 N–H and O–H groups in total. The highest BCUT2D eigenvalue weighted by Crippen LogP contribution is 2.32. The van der Waals surface area contributed by atoms with E-state index in [0.717, 1.165) is 17.0 Å². The van der Waals surface area contributed by atoms with Crippen LogP contribution in [0, 0.1) is 13.8 Å². The second kappa shape index (κ2) is 5.99. The normalized spacial score (nSPS) is 16.2. The van der Waals surface area contributed by atoms with Gasteiger partial charge in [0.25, 0.3) is 5.91 Å². The van der Waals surface area contributed by atoms with Crippen molar-refractivity contribution >= 4 is 23.2 Å². The molecule has 0 saturated carbocycles. The lowest BCUT2D eigenvalue weighted by molar-refractivity contribution is -0.122. The van der Waals surface area contributed by atoms with Crippen LogP contribution in [0.25, 0.3) is 0 Å². The molecule has 1 aliphatic rings. The van der Waals surface area contributed by atoms with Crippen LogP contribution in [0.2, 0.25) is 0 Å². The average Bonchev–Trinajstić information content (AvgIpc) is 2.75. The molecule has 0 fully saturated rings. The van der Waals surface area contributed by atoms with E-state index in [1.807, 2.05) is 20.9 Å². The first kappa shape index (κ1) is 16.0. The van der Waals surface area contributed by atoms with Gasteiger partial charge in [-0.2, -0.15) is 5.10 Å². The molecule has 0 bridgehead atoms. The van der Waals surface area contributed by atoms with Crippen LogP contribution in [-0.4, -0.2) is 27.7 Å². The number of fused-ring (bicyclic) bond motifs is 1. The van der Waals surface area contributed by atoms with Crippen molar-refractivity contribution in [3.8, 4) is 5.75 Å². The summed E-state index contributed by atoms with van der Waals surface area (Å²) in [6.07, 6.45) is -0.267. The summed E-state index contributed by atoms with van der Waals surface area (Å²) in [7, 11) is 1.86. The summed E-state index contributed by atoms with van der Waals surface area (Å²) in [4.78, 5) is 24.0. The molecule has 0 unspecified atom stereocenters. The fraction of sp³-hybridized carbons (Fsp3) is 0.353. The van der Waals surface area contributed by atoms with Crippen LogP contribution in [0.5, 0.6) is 5.75 Å². The second-order valence-corrected chi connectivity index (χ2v) is 5.96. The number of hydrogen-bond acceptors (Lipinski definition) is 4. The Morgan fingerprint density at radius 2 is 2.17 bits per heavy atom. The molecule has 0 spiro atoms. The lowest BCUT2D eigenvalue weighted by atomic mass is 10.1. The molecule has 7 heteroatoms. The molecule has 0 aliphatic carbocycles. The number of amides is 2. The minimum absolute atomic E-state index is 0.134.